The Labute approximate surface area is 116 Å². The predicted molar refractivity (Wildman–Crippen MR) is 78.0 cm³/mol. The van der Waals surface area contributed by atoms with Crippen molar-refractivity contribution >= 4 is 11.6 Å². The van der Waals surface area contributed by atoms with Gasteiger partial charge in [-0.1, -0.05) is 38.3 Å². The second kappa shape index (κ2) is 7.15. The van der Waals surface area contributed by atoms with Gasteiger partial charge >= 0.3 is 0 Å². The van der Waals surface area contributed by atoms with Crippen molar-refractivity contribution in [2.45, 2.75) is 66.6 Å². The van der Waals surface area contributed by atoms with Crippen LogP contribution >= 0.6 is 11.6 Å². The number of aromatic nitrogens is 2. The van der Waals surface area contributed by atoms with Gasteiger partial charge in [0, 0.05) is 19.1 Å². The van der Waals surface area contributed by atoms with Gasteiger partial charge in [-0.2, -0.15) is 5.10 Å². The predicted octanol–water partition coefficient (Wildman–Crippen LogP) is 3.78. The van der Waals surface area contributed by atoms with Crippen LogP contribution in [-0.4, -0.2) is 15.8 Å². The molecule has 0 amide bonds. The molecule has 0 radical (unpaired) electrons. The zero-order valence-corrected chi connectivity index (χ0v) is 13.0. The zero-order valence-electron chi connectivity index (χ0n) is 12.3. The van der Waals surface area contributed by atoms with Crippen molar-refractivity contribution in [2.75, 3.05) is 0 Å². The first-order chi connectivity index (χ1) is 8.54. The van der Waals surface area contributed by atoms with Crippen molar-refractivity contribution in [1.82, 2.24) is 15.1 Å². The zero-order chi connectivity index (χ0) is 13.7. The van der Waals surface area contributed by atoms with E-state index in [1.54, 1.807) is 0 Å². The van der Waals surface area contributed by atoms with E-state index in [0.29, 0.717) is 6.04 Å². The van der Waals surface area contributed by atoms with Gasteiger partial charge in [0.1, 0.15) is 0 Å². The summed E-state index contributed by atoms with van der Waals surface area (Å²) in [6.45, 7) is 12.5. The minimum Gasteiger partial charge on any atom is -0.308 e. The molecule has 1 aromatic heterocycles. The molecule has 1 heterocycles. The summed E-state index contributed by atoms with van der Waals surface area (Å²) in [5.74, 6) is 0.725. The molecule has 0 fully saturated rings. The monoisotopic (exact) mass is 271 g/mol. The average Bonchev–Trinajstić information content (AvgIpc) is 2.64. The van der Waals surface area contributed by atoms with Crippen molar-refractivity contribution < 1.29 is 0 Å². The molecule has 0 aliphatic rings. The largest absolute Gasteiger partial charge is 0.308 e. The highest BCUT2D eigenvalue weighted by Crippen LogP contribution is 2.21. The van der Waals surface area contributed by atoms with Crippen LogP contribution in [0.1, 0.15) is 51.9 Å². The third-order valence-corrected chi connectivity index (χ3v) is 4.29. The molecule has 0 aliphatic heterocycles. The SMILES string of the molecule is CCC(CC)C(C)NCc1c(Cl)c(C)nn1CC. The maximum atomic E-state index is 6.30. The second-order valence-corrected chi connectivity index (χ2v) is 5.29. The van der Waals surface area contributed by atoms with Crippen LogP contribution in [-0.2, 0) is 13.1 Å². The number of hydrogen-bond acceptors (Lipinski definition) is 2. The smallest absolute Gasteiger partial charge is 0.0860 e. The van der Waals surface area contributed by atoms with E-state index in [1.807, 2.05) is 11.6 Å². The molecule has 0 saturated carbocycles. The van der Waals surface area contributed by atoms with Gasteiger partial charge in [-0.3, -0.25) is 4.68 Å². The average molecular weight is 272 g/mol. The van der Waals surface area contributed by atoms with Crippen molar-refractivity contribution in [1.29, 1.82) is 0 Å². The highest BCUT2D eigenvalue weighted by atomic mass is 35.5. The van der Waals surface area contributed by atoms with Gasteiger partial charge in [0.15, 0.2) is 0 Å². The standard InChI is InChI=1S/C14H26ClN3/c1-6-12(7-2)10(4)16-9-13-14(15)11(5)17-18(13)8-3/h10,12,16H,6-9H2,1-5H3. The molecular weight excluding hydrogens is 246 g/mol. The molecule has 3 nitrogen and oxygen atoms in total. The summed E-state index contributed by atoms with van der Waals surface area (Å²) < 4.78 is 1.99. The molecule has 0 spiro atoms. The van der Waals surface area contributed by atoms with Gasteiger partial charge in [-0.05, 0) is 26.7 Å². The lowest BCUT2D eigenvalue weighted by Gasteiger charge is -2.22. The number of halogens is 1. The summed E-state index contributed by atoms with van der Waals surface area (Å²) in [4.78, 5) is 0. The molecule has 0 aromatic carbocycles. The lowest BCUT2D eigenvalue weighted by Crippen LogP contribution is -2.33. The van der Waals surface area contributed by atoms with E-state index in [1.165, 1.54) is 12.8 Å². The number of rotatable bonds is 7. The quantitative estimate of drug-likeness (QED) is 0.818. The van der Waals surface area contributed by atoms with E-state index in [9.17, 15) is 0 Å². The summed E-state index contributed by atoms with van der Waals surface area (Å²) >= 11 is 6.30. The number of aryl methyl sites for hydroxylation is 2. The third-order valence-electron chi connectivity index (χ3n) is 3.80. The molecule has 0 aliphatic carbocycles. The summed E-state index contributed by atoms with van der Waals surface area (Å²) in [7, 11) is 0. The molecule has 1 N–H and O–H groups in total. The van der Waals surface area contributed by atoms with E-state index in [-0.39, 0.29) is 0 Å². The summed E-state index contributed by atoms with van der Waals surface area (Å²) in [5, 5.41) is 8.83. The Hall–Kier alpha value is -0.540. The molecule has 1 aromatic rings. The van der Waals surface area contributed by atoms with Crippen LogP contribution in [0.4, 0.5) is 0 Å². The van der Waals surface area contributed by atoms with Crippen molar-refractivity contribution in [2.24, 2.45) is 5.92 Å². The van der Waals surface area contributed by atoms with Crippen molar-refractivity contribution in [3.8, 4) is 0 Å². The summed E-state index contributed by atoms with van der Waals surface area (Å²) in [6, 6.07) is 0.511. The first-order valence-corrected chi connectivity index (χ1v) is 7.37. The number of hydrogen-bond donors (Lipinski definition) is 1. The topological polar surface area (TPSA) is 29.9 Å². The van der Waals surface area contributed by atoms with Gasteiger partial charge in [-0.15, -0.1) is 0 Å². The molecule has 0 saturated heterocycles. The molecule has 104 valence electrons. The minimum atomic E-state index is 0.511. The molecule has 1 atom stereocenters. The maximum absolute atomic E-state index is 6.30. The molecular formula is C14H26ClN3. The highest BCUT2D eigenvalue weighted by Gasteiger charge is 2.16. The number of nitrogens with zero attached hydrogens (tertiary/aromatic N) is 2. The molecule has 4 heteroatoms. The lowest BCUT2D eigenvalue weighted by molar-refractivity contribution is 0.349. The summed E-state index contributed by atoms with van der Waals surface area (Å²) in [5.41, 5.74) is 2.03. The first kappa shape index (κ1) is 15.5. The Morgan fingerprint density at radius 2 is 1.89 bits per heavy atom. The van der Waals surface area contributed by atoms with E-state index < -0.39 is 0 Å². The van der Waals surface area contributed by atoms with E-state index >= 15 is 0 Å². The van der Waals surface area contributed by atoms with Crippen LogP contribution in [0.5, 0.6) is 0 Å². The van der Waals surface area contributed by atoms with Gasteiger partial charge in [0.25, 0.3) is 0 Å². The Morgan fingerprint density at radius 3 is 2.39 bits per heavy atom. The van der Waals surface area contributed by atoms with Crippen LogP contribution in [0.25, 0.3) is 0 Å². The third kappa shape index (κ3) is 3.48. The van der Waals surface area contributed by atoms with Crippen LogP contribution in [0.15, 0.2) is 0 Å². The van der Waals surface area contributed by atoms with Crippen molar-refractivity contribution in [3.05, 3.63) is 16.4 Å². The fourth-order valence-electron chi connectivity index (χ4n) is 2.46. The molecule has 1 rings (SSSR count). The summed E-state index contributed by atoms with van der Waals surface area (Å²) in [6.07, 6.45) is 2.43. The Morgan fingerprint density at radius 1 is 1.28 bits per heavy atom. The fourth-order valence-corrected chi connectivity index (χ4v) is 2.66. The van der Waals surface area contributed by atoms with Crippen LogP contribution in [0.2, 0.25) is 5.02 Å². The van der Waals surface area contributed by atoms with E-state index in [0.717, 1.165) is 35.4 Å². The van der Waals surface area contributed by atoms with Crippen LogP contribution < -0.4 is 5.32 Å². The fraction of sp³-hybridized carbons (Fsp3) is 0.786. The second-order valence-electron chi connectivity index (χ2n) is 4.91. The van der Waals surface area contributed by atoms with Gasteiger partial charge < -0.3 is 5.32 Å². The Kier molecular flexibility index (Phi) is 6.16. The van der Waals surface area contributed by atoms with Gasteiger partial charge in [0.05, 0.1) is 16.4 Å². The van der Waals surface area contributed by atoms with Crippen LogP contribution in [0, 0.1) is 12.8 Å². The van der Waals surface area contributed by atoms with Gasteiger partial charge in [0.2, 0.25) is 0 Å². The van der Waals surface area contributed by atoms with Gasteiger partial charge in [-0.25, -0.2) is 0 Å². The Bertz CT molecular complexity index is 369. The number of nitrogens with one attached hydrogen (secondary N) is 1. The Balaban J connectivity index is 2.68. The minimum absolute atomic E-state index is 0.511. The normalized spacial score (nSPS) is 13.3. The van der Waals surface area contributed by atoms with E-state index in [4.69, 9.17) is 11.6 Å². The molecule has 18 heavy (non-hydrogen) atoms. The van der Waals surface area contributed by atoms with Crippen LogP contribution in [0.3, 0.4) is 0 Å². The maximum Gasteiger partial charge on any atom is 0.0860 e. The lowest BCUT2D eigenvalue weighted by atomic mass is 9.95. The molecule has 0 bridgehead atoms. The van der Waals surface area contributed by atoms with Crippen molar-refractivity contribution in [3.63, 3.8) is 0 Å². The first-order valence-electron chi connectivity index (χ1n) is 7.00. The van der Waals surface area contributed by atoms with E-state index in [2.05, 4.69) is 38.1 Å². The molecule has 1 unspecified atom stereocenters. The highest BCUT2D eigenvalue weighted by molar-refractivity contribution is 6.31.